The maximum Gasteiger partial charge on any atom is 0.188 e. The third-order valence-corrected chi connectivity index (χ3v) is 14.1. The fraction of sp³-hybridized carbons (Fsp3) is 0.0200. The first kappa shape index (κ1) is 30.6. The minimum atomic E-state index is -0.244. The van der Waals surface area contributed by atoms with E-state index in [-0.39, 0.29) is 6.29 Å². The Labute approximate surface area is 329 Å². The monoisotopic (exact) mass is 750 g/mol. The number of nitrogens with one attached hydrogen (secondary N) is 1. The van der Waals surface area contributed by atoms with Crippen molar-refractivity contribution in [2.45, 2.75) is 6.29 Å². The van der Waals surface area contributed by atoms with Crippen molar-refractivity contribution in [2.75, 3.05) is 5.32 Å². The van der Waals surface area contributed by atoms with E-state index >= 15 is 0 Å². The van der Waals surface area contributed by atoms with Crippen LogP contribution in [0, 0.1) is 0 Å². The number of nitrogens with zero attached hydrogens (tertiary/aromatic N) is 3. The molecule has 56 heavy (non-hydrogen) atoms. The predicted molar refractivity (Wildman–Crippen MR) is 239 cm³/mol. The number of thiophene rings is 2. The first-order valence-electron chi connectivity index (χ1n) is 19.0. The molecule has 0 spiro atoms. The van der Waals surface area contributed by atoms with Crippen molar-refractivity contribution in [2.24, 2.45) is 0 Å². The van der Waals surface area contributed by atoms with Crippen molar-refractivity contribution in [3.8, 4) is 33.6 Å². The molecular weight excluding hydrogens is 721 g/mol. The molecule has 262 valence electrons. The van der Waals surface area contributed by atoms with Gasteiger partial charge in [0.25, 0.3) is 0 Å². The molecule has 4 aromatic heterocycles. The highest BCUT2D eigenvalue weighted by atomic mass is 32.1. The summed E-state index contributed by atoms with van der Waals surface area (Å²) in [6, 6.07) is 62.5. The Kier molecular flexibility index (Phi) is 6.23. The molecule has 0 saturated carbocycles. The summed E-state index contributed by atoms with van der Waals surface area (Å²) < 4.78 is 10.2. The molecule has 1 atom stereocenters. The van der Waals surface area contributed by atoms with Gasteiger partial charge in [-0.3, -0.25) is 4.57 Å². The zero-order valence-corrected chi connectivity index (χ0v) is 31.5. The molecule has 0 aliphatic carbocycles. The molecule has 0 saturated heterocycles. The van der Waals surface area contributed by atoms with Crippen LogP contribution in [-0.2, 0) is 0 Å². The van der Waals surface area contributed by atoms with Gasteiger partial charge in [0.1, 0.15) is 5.82 Å². The minimum Gasteiger partial charge on any atom is -0.347 e. The zero-order valence-electron chi connectivity index (χ0n) is 29.9. The molecule has 5 heterocycles. The Balaban J connectivity index is 1.07. The molecule has 8 aromatic carbocycles. The smallest absolute Gasteiger partial charge is 0.188 e. The van der Waals surface area contributed by atoms with Crippen LogP contribution in [-0.4, -0.2) is 14.1 Å². The molecule has 1 aliphatic rings. The summed E-state index contributed by atoms with van der Waals surface area (Å²) in [6.45, 7) is 0. The summed E-state index contributed by atoms with van der Waals surface area (Å²) in [4.78, 5) is 5.22. The Morgan fingerprint density at radius 2 is 0.911 bits per heavy atom. The zero-order chi connectivity index (χ0) is 36.5. The van der Waals surface area contributed by atoms with Gasteiger partial charge < -0.3 is 9.88 Å². The first-order chi connectivity index (χ1) is 27.7. The number of para-hydroxylation sites is 3. The van der Waals surface area contributed by atoms with E-state index < -0.39 is 0 Å². The fourth-order valence-electron chi connectivity index (χ4n) is 9.16. The van der Waals surface area contributed by atoms with Crippen molar-refractivity contribution in [3.05, 3.63) is 170 Å². The summed E-state index contributed by atoms with van der Waals surface area (Å²) in [5.41, 5.74) is 11.5. The lowest BCUT2D eigenvalue weighted by Gasteiger charge is -2.32. The number of benzene rings is 8. The molecule has 1 aliphatic heterocycles. The minimum absolute atomic E-state index is 0.244. The average Bonchev–Trinajstić information content (AvgIpc) is 4.01. The maximum atomic E-state index is 5.22. The lowest BCUT2D eigenvalue weighted by Crippen LogP contribution is -2.29. The van der Waals surface area contributed by atoms with Crippen molar-refractivity contribution in [1.29, 1.82) is 0 Å². The summed E-state index contributed by atoms with van der Waals surface area (Å²) in [5, 5.41) is 11.7. The number of hydrogen-bond acceptors (Lipinski definition) is 4. The van der Waals surface area contributed by atoms with Crippen LogP contribution in [0.1, 0.15) is 6.29 Å². The number of imidazole rings is 1. The average molecular weight is 751 g/mol. The largest absolute Gasteiger partial charge is 0.347 e. The Bertz CT molecular complexity index is 3430. The van der Waals surface area contributed by atoms with Crippen molar-refractivity contribution >= 4 is 102 Å². The number of rotatable bonds is 3. The molecule has 1 unspecified atom stereocenters. The van der Waals surface area contributed by atoms with Crippen LogP contribution in [0.2, 0.25) is 0 Å². The predicted octanol–water partition coefficient (Wildman–Crippen LogP) is 14.3. The van der Waals surface area contributed by atoms with E-state index in [4.69, 9.17) is 4.98 Å². The Hall–Kier alpha value is -6.73. The van der Waals surface area contributed by atoms with E-state index in [2.05, 4.69) is 184 Å². The third kappa shape index (κ3) is 4.31. The number of hydrogen-bond donors (Lipinski definition) is 1. The lowest BCUT2D eigenvalue weighted by molar-refractivity contribution is 0.520. The molecule has 0 bridgehead atoms. The maximum absolute atomic E-state index is 5.22. The van der Waals surface area contributed by atoms with Crippen molar-refractivity contribution in [1.82, 2.24) is 14.1 Å². The van der Waals surface area contributed by atoms with Gasteiger partial charge in [0.15, 0.2) is 6.29 Å². The molecule has 12 aromatic rings. The van der Waals surface area contributed by atoms with E-state index in [9.17, 15) is 0 Å². The van der Waals surface area contributed by atoms with Gasteiger partial charge in [-0.05, 0) is 107 Å². The van der Waals surface area contributed by atoms with Gasteiger partial charge >= 0.3 is 0 Å². The Morgan fingerprint density at radius 3 is 1.55 bits per heavy atom. The van der Waals surface area contributed by atoms with Gasteiger partial charge in [0.2, 0.25) is 0 Å². The second kappa shape index (κ2) is 11.4. The van der Waals surface area contributed by atoms with Gasteiger partial charge in [0.05, 0.1) is 22.1 Å². The topological polar surface area (TPSA) is 34.8 Å². The van der Waals surface area contributed by atoms with Crippen molar-refractivity contribution < 1.29 is 0 Å². The summed E-state index contributed by atoms with van der Waals surface area (Å²) in [7, 11) is 0. The van der Waals surface area contributed by atoms with E-state index in [0.29, 0.717) is 0 Å². The summed E-state index contributed by atoms with van der Waals surface area (Å²) in [6.07, 6.45) is -0.244. The van der Waals surface area contributed by atoms with Crippen LogP contribution >= 0.6 is 22.7 Å². The van der Waals surface area contributed by atoms with Gasteiger partial charge in [-0.2, -0.15) is 0 Å². The van der Waals surface area contributed by atoms with Crippen LogP contribution < -0.4 is 5.32 Å². The van der Waals surface area contributed by atoms with Crippen molar-refractivity contribution in [3.63, 3.8) is 0 Å². The first-order valence-corrected chi connectivity index (χ1v) is 20.6. The quantitative estimate of drug-likeness (QED) is 0.195. The third-order valence-electron chi connectivity index (χ3n) is 11.8. The van der Waals surface area contributed by atoms with E-state index in [1.54, 1.807) is 0 Å². The van der Waals surface area contributed by atoms with Crippen LogP contribution in [0.25, 0.3) is 107 Å². The van der Waals surface area contributed by atoms with Crippen LogP contribution in [0.4, 0.5) is 5.69 Å². The molecule has 0 amide bonds. The van der Waals surface area contributed by atoms with Gasteiger partial charge in [-0.1, -0.05) is 84.9 Å². The van der Waals surface area contributed by atoms with Gasteiger partial charge in [-0.25, -0.2) is 4.98 Å². The van der Waals surface area contributed by atoms with Gasteiger partial charge in [-0.15, -0.1) is 22.7 Å². The lowest BCUT2D eigenvalue weighted by atomic mass is 9.98. The summed E-state index contributed by atoms with van der Waals surface area (Å²) >= 11 is 3.73. The molecule has 1 N–H and O–H groups in total. The highest BCUT2D eigenvalue weighted by Crippen LogP contribution is 2.45. The second-order valence-corrected chi connectivity index (χ2v) is 17.0. The van der Waals surface area contributed by atoms with Crippen LogP contribution in [0.15, 0.2) is 170 Å². The van der Waals surface area contributed by atoms with E-state index in [1.165, 1.54) is 84.4 Å². The molecule has 4 nitrogen and oxygen atoms in total. The molecule has 6 heteroatoms. The van der Waals surface area contributed by atoms with Crippen LogP contribution in [0.3, 0.4) is 0 Å². The van der Waals surface area contributed by atoms with E-state index in [0.717, 1.165) is 28.1 Å². The SMILES string of the molecule is c1ccc2c(c1)NC(n1c3ccc(-c4ccc5sc6ccccc6c5c4)cc3c3cc(-c4ccc5sc6ccccc6c5c4)ccc31)n1c-2nc2ccccc21. The molecule has 0 fully saturated rings. The number of aromatic nitrogens is 3. The molecular formula is C50H30N4S2. The molecule has 13 rings (SSSR count). The highest BCUT2D eigenvalue weighted by Gasteiger charge is 2.30. The molecule has 0 radical (unpaired) electrons. The normalized spacial score (nSPS) is 14.0. The number of anilines is 1. The highest BCUT2D eigenvalue weighted by molar-refractivity contribution is 7.26. The van der Waals surface area contributed by atoms with E-state index in [1.807, 2.05) is 22.7 Å². The summed E-state index contributed by atoms with van der Waals surface area (Å²) in [5.74, 6) is 0.973. The van der Waals surface area contributed by atoms with Gasteiger partial charge in [0, 0.05) is 62.4 Å². The Morgan fingerprint density at radius 1 is 0.411 bits per heavy atom. The number of fused-ring (bicyclic) bond motifs is 14. The fourth-order valence-corrected chi connectivity index (χ4v) is 11.3. The van der Waals surface area contributed by atoms with Crippen LogP contribution in [0.5, 0.6) is 0 Å². The second-order valence-electron chi connectivity index (χ2n) is 14.8. The standard InChI is InChI=1S/C50H30N4S2/c1-4-12-40-35(11-1)49-51-41-13-5-6-14-44(41)54(49)50(52-40)53-42-21-17-29(31-19-23-47-38(27-31)33-9-2-7-15-45(33)55-47)25-36(42)37-26-30(18-22-43(37)53)32-20-24-48-39(28-32)34-10-3-8-16-46(34)56-48/h1-28,50,52H.